The number of aromatic carboxylic acids is 1. The summed E-state index contributed by atoms with van der Waals surface area (Å²) in [6.45, 7) is 4.13. The third kappa shape index (κ3) is 5.79. The van der Waals surface area contributed by atoms with Gasteiger partial charge < -0.3 is 14.6 Å². The van der Waals surface area contributed by atoms with Gasteiger partial charge in [0.05, 0.1) is 6.10 Å². The van der Waals surface area contributed by atoms with E-state index in [2.05, 4.69) is 10.3 Å². The highest BCUT2D eigenvalue weighted by atomic mass is 32.1. The van der Waals surface area contributed by atoms with Gasteiger partial charge in [0, 0.05) is 17.0 Å². The number of ether oxygens (including phenoxy) is 2. The van der Waals surface area contributed by atoms with Crippen molar-refractivity contribution >= 4 is 28.3 Å². The van der Waals surface area contributed by atoms with E-state index in [4.69, 9.17) is 14.6 Å². The second-order valence-corrected chi connectivity index (χ2v) is 7.29. The van der Waals surface area contributed by atoms with Crippen LogP contribution in [0.4, 0.5) is 5.13 Å². The average Bonchev–Trinajstić information content (AvgIpc) is 3.15. The van der Waals surface area contributed by atoms with Gasteiger partial charge in [0.2, 0.25) is 0 Å². The lowest BCUT2D eigenvalue weighted by atomic mass is 10.2. The van der Waals surface area contributed by atoms with Gasteiger partial charge in [-0.1, -0.05) is 30.3 Å². The molecule has 7 nitrogen and oxygen atoms in total. The van der Waals surface area contributed by atoms with Crippen LogP contribution in [0.3, 0.4) is 0 Å². The zero-order valence-corrected chi connectivity index (χ0v) is 16.7. The number of benzene rings is 2. The first-order valence-electron chi connectivity index (χ1n) is 8.89. The minimum absolute atomic E-state index is 0.0765. The molecule has 0 aliphatic rings. The minimum Gasteiger partial charge on any atom is -0.491 e. The van der Waals surface area contributed by atoms with E-state index in [1.165, 1.54) is 5.38 Å². The van der Waals surface area contributed by atoms with E-state index in [1.807, 2.05) is 44.2 Å². The van der Waals surface area contributed by atoms with Crippen LogP contribution in [0.5, 0.6) is 11.5 Å². The lowest BCUT2D eigenvalue weighted by molar-refractivity contribution is 0.0691. The predicted octanol–water partition coefficient (Wildman–Crippen LogP) is 4.46. The van der Waals surface area contributed by atoms with Crippen LogP contribution in [0, 0.1) is 0 Å². The number of carbonyl (C=O) groups is 2. The fourth-order valence-electron chi connectivity index (χ4n) is 2.47. The Balaban J connectivity index is 1.79. The lowest BCUT2D eigenvalue weighted by Gasteiger charge is -2.14. The Morgan fingerprint density at radius 2 is 1.86 bits per heavy atom. The zero-order valence-electron chi connectivity index (χ0n) is 15.9. The molecule has 0 atom stereocenters. The third-order valence-corrected chi connectivity index (χ3v) is 4.46. The SMILES string of the molecule is CC(C)Oc1cc(OCc2ccccc2)cc(C(=O)Nc2nc(C(=O)O)cs2)c1. The number of hydrogen-bond acceptors (Lipinski definition) is 6. The summed E-state index contributed by atoms with van der Waals surface area (Å²) in [5.74, 6) is -0.593. The van der Waals surface area contributed by atoms with E-state index < -0.39 is 11.9 Å². The number of anilines is 1. The summed E-state index contributed by atoms with van der Waals surface area (Å²) in [7, 11) is 0. The number of nitrogens with zero attached hydrogens (tertiary/aromatic N) is 1. The summed E-state index contributed by atoms with van der Waals surface area (Å²) in [5.41, 5.74) is 1.20. The topological polar surface area (TPSA) is 97.8 Å². The highest BCUT2D eigenvalue weighted by Crippen LogP contribution is 2.26. The quantitative estimate of drug-likeness (QED) is 0.567. The molecule has 0 bridgehead atoms. The number of hydrogen-bond donors (Lipinski definition) is 2. The van der Waals surface area contributed by atoms with Crippen molar-refractivity contribution in [1.82, 2.24) is 4.98 Å². The van der Waals surface area contributed by atoms with E-state index in [1.54, 1.807) is 18.2 Å². The highest BCUT2D eigenvalue weighted by Gasteiger charge is 2.15. The maximum Gasteiger partial charge on any atom is 0.355 e. The molecule has 0 spiro atoms. The van der Waals surface area contributed by atoms with Crippen molar-refractivity contribution in [2.24, 2.45) is 0 Å². The average molecular weight is 412 g/mol. The number of carboxylic acid groups (broad SMARTS) is 1. The van der Waals surface area contributed by atoms with Crippen molar-refractivity contribution in [3.8, 4) is 11.5 Å². The van der Waals surface area contributed by atoms with Crippen LogP contribution in [-0.2, 0) is 6.61 Å². The zero-order chi connectivity index (χ0) is 20.8. The standard InChI is InChI=1S/C21H20N2O5S/c1-13(2)28-17-9-15(19(24)23-21-22-18(12-29-21)20(25)26)8-16(10-17)27-11-14-6-4-3-5-7-14/h3-10,12-13H,11H2,1-2H3,(H,25,26)(H,22,23,24). The van der Waals surface area contributed by atoms with Crippen LogP contribution in [0.1, 0.15) is 40.3 Å². The van der Waals surface area contributed by atoms with Gasteiger partial charge in [-0.2, -0.15) is 0 Å². The van der Waals surface area contributed by atoms with Gasteiger partial charge in [-0.25, -0.2) is 9.78 Å². The molecule has 3 aromatic rings. The first-order chi connectivity index (χ1) is 13.9. The monoisotopic (exact) mass is 412 g/mol. The van der Waals surface area contributed by atoms with Crippen molar-refractivity contribution in [1.29, 1.82) is 0 Å². The van der Waals surface area contributed by atoms with E-state index in [0.717, 1.165) is 16.9 Å². The molecule has 0 unspecified atom stereocenters. The van der Waals surface area contributed by atoms with Crippen molar-refractivity contribution in [2.75, 3.05) is 5.32 Å². The van der Waals surface area contributed by atoms with E-state index in [-0.39, 0.29) is 16.9 Å². The summed E-state index contributed by atoms with van der Waals surface area (Å²) in [5, 5.41) is 13.1. The number of aromatic nitrogens is 1. The first-order valence-corrected chi connectivity index (χ1v) is 9.77. The van der Waals surface area contributed by atoms with Crippen molar-refractivity contribution < 1.29 is 24.2 Å². The number of amides is 1. The second-order valence-electron chi connectivity index (χ2n) is 6.43. The van der Waals surface area contributed by atoms with Crippen LogP contribution >= 0.6 is 11.3 Å². The number of carboxylic acids is 1. The van der Waals surface area contributed by atoms with Gasteiger partial charge >= 0.3 is 5.97 Å². The van der Waals surface area contributed by atoms with Crippen LogP contribution in [0.25, 0.3) is 0 Å². The Hall–Kier alpha value is -3.39. The molecule has 0 fully saturated rings. The van der Waals surface area contributed by atoms with E-state index >= 15 is 0 Å². The van der Waals surface area contributed by atoms with E-state index in [0.29, 0.717) is 23.7 Å². The van der Waals surface area contributed by atoms with Crippen LogP contribution in [0.2, 0.25) is 0 Å². The molecule has 0 aliphatic carbocycles. The fraction of sp³-hybridized carbons (Fsp3) is 0.190. The minimum atomic E-state index is -1.15. The molecule has 0 saturated carbocycles. The Morgan fingerprint density at radius 3 is 2.52 bits per heavy atom. The molecule has 3 rings (SSSR count). The Kier molecular flexibility index (Phi) is 6.46. The number of rotatable bonds is 8. The molecule has 8 heteroatoms. The molecule has 0 radical (unpaired) electrons. The van der Waals surface area contributed by atoms with Crippen LogP contribution < -0.4 is 14.8 Å². The Labute approximate surface area is 171 Å². The molecular formula is C21H20N2O5S. The van der Waals surface area contributed by atoms with Gasteiger partial charge in [-0.15, -0.1) is 11.3 Å². The molecule has 2 N–H and O–H groups in total. The van der Waals surface area contributed by atoms with Crippen molar-refractivity contribution in [3.63, 3.8) is 0 Å². The van der Waals surface area contributed by atoms with Gasteiger partial charge in [0.25, 0.3) is 5.91 Å². The molecule has 2 aromatic carbocycles. The maximum absolute atomic E-state index is 12.7. The summed E-state index contributed by atoms with van der Waals surface area (Å²) < 4.78 is 11.6. The van der Waals surface area contributed by atoms with Gasteiger partial charge in [0.15, 0.2) is 10.8 Å². The van der Waals surface area contributed by atoms with E-state index in [9.17, 15) is 9.59 Å². The largest absolute Gasteiger partial charge is 0.491 e. The summed E-state index contributed by atoms with van der Waals surface area (Å²) in [4.78, 5) is 27.5. The van der Waals surface area contributed by atoms with Crippen molar-refractivity contribution in [2.45, 2.75) is 26.6 Å². The molecule has 1 aromatic heterocycles. The molecule has 0 saturated heterocycles. The third-order valence-electron chi connectivity index (χ3n) is 3.71. The number of thiazole rings is 1. The maximum atomic E-state index is 12.7. The normalized spacial score (nSPS) is 10.6. The predicted molar refractivity (Wildman–Crippen MR) is 110 cm³/mol. The summed E-state index contributed by atoms with van der Waals surface area (Å²) in [6, 6.07) is 14.6. The first kappa shape index (κ1) is 20.3. The summed E-state index contributed by atoms with van der Waals surface area (Å²) >= 11 is 1.04. The smallest absolute Gasteiger partial charge is 0.355 e. The second kappa shape index (κ2) is 9.20. The van der Waals surface area contributed by atoms with Gasteiger partial charge in [-0.3, -0.25) is 10.1 Å². The van der Waals surface area contributed by atoms with Crippen molar-refractivity contribution in [3.05, 3.63) is 70.7 Å². The molecule has 1 heterocycles. The Bertz CT molecular complexity index is 1000. The number of carbonyl (C=O) groups excluding carboxylic acids is 1. The van der Waals surface area contributed by atoms with Gasteiger partial charge in [-0.05, 0) is 31.5 Å². The molecule has 150 valence electrons. The lowest BCUT2D eigenvalue weighted by Crippen LogP contribution is -2.13. The number of nitrogens with one attached hydrogen (secondary N) is 1. The Morgan fingerprint density at radius 1 is 1.14 bits per heavy atom. The molecular weight excluding hydrogens is 392 g/mol. The molecule has 0 aliphatic heterocycles. The van der Waals surface area contributed by atoms with Crippen LogP contribution in [0.15, 0.2) is 53.9 Å². The van der Waals surface area contributed by atoms with Gasteiger partial charge in [0.1, 0.15) is 18.1 Å². The fourth-order valence-corrected chi connectivity index (χ4v) is 3.15. The van der Waals surface area contributed by atoms with Crippen LogP contribution in [-0.4, -0.2) is 28.1 Å². The highest BCUT2D eigenvalue weighted by molar-refractivity contribution is 7.14. The molecule has 29 heavy (non-hydrogen) atoms. The summed E-state index contributed by atoms with van der Waals surface area (Å²) in [6.07, 6.45) is -0.0765. The molecule has 1 amide bonds.